The summed E-state index contributed by atoms with van der Waals surface area (Å²) in [5.74, 6) is 0.159. The van der Waals surface area contributed by atoms with E-state index >= 15 is 0 Å². The molecule has 1 fully saturated rings. The van der Waals surface area contributed by atoms with Crippen LogP contribution in [-0.2, 0) is 24.4 Å². The maximum Gasteiger partial charge on any atom is 0.237 e. The maximum absolute atomic E-state index is 12.6. The van der Waals surface area contributed by atoms with Gasteiger partial charge in [0.1, 0.15) is 0 Å². The van der Waals surface area contributed by atoms with Crippen molar-refractivity contribution in [2.45, 2.75) is 51.9 Å². The lowest BCUT2D eigenvalue weighted by Gasteiger charge is -2.23. The van der Waals surface area contributed by atoms with Crippen LogP contribution in [0.15, 0.2) is 48.8 Å². The molecular weight excluding hydrogens is 298 g/mol. The highest BCUT2D eigenvalue weighted by molar-refractivity contribution is 5.82. The van der Waals surface area contributed by atoms with Crippen molar-refractivity contribution in [2.75, 3.05) is 6.54 Å². The number of carbonyl (C=O) groups is 1. The first-order valence-corrected chi connectivity index (χ1v) is 8.96. The molecule has 1 aliphatic rings. The number of aromatic nitrogens is 1. The van der Waals surface area contributed by atoms with Crippen LogP contribution in [0.3, 0.4) is 0 Å². The summed E-state index contributed by atoms with van der Waals surface area (Å²) in [5, 5.41) is 3.12. The lowest BCUT2D eigenvalue weighted by atomic mass is 10.1. The van der Waals surface area contributed by atoms with Gasteiger partial charge in [0.2, 0.25) is 5.91 Å². The van der Waals surface area contributed by atoms with E-state index in [4.69, 9.17) is 0 Å². The third-order valence-electron chi connectivity index (χ3n) is 4.66. The van der Waals surface area contributed by atoms with E-state index in [1.807, 2.05) is 6.07 Å². The number of rotatable bonds is 7. The SMILES string of the molecule is CCCn1ccc(CNC(=O)C2CCCN2Cc2ccccc2)c1. The molecule has 1 N–H and O–H groups in total. The fourth-order valence-electron chi connectivity index (χ4n) is 3.43. The van der Waals surface area contributed by atoms with Gasteiger partial charge in [-0.3, -0.25) is 9.69 Å². The molecule has 1 atom stereocenters. The summed E-state index contributed by atoms with van der Waals surface area (Å²) in [6, 6.07) is 12.5. The minimum Gasteiger partial charge on any atom is -0.354 e. The van der Waals surface area contributed by atoms with Crippen molar-refractivity contribution in [3.8, 4) is 0 Å². The van der Waals surface area contributed by atoms with E-state index in [2.05, 4.69) is 64.4 Å². The zero-order valence-corrected chi connectivity index (χ0v) is 14.4. The van der Waals surface area contributed by atoms with Crippen LogP contribution in [0.4, 0.5) is 0 Å². The van der Waals surface area contributed by atoms with Gasteiger partial charge in [-0.15, -0.1) is 0 Å². The molecule has 0 radical (unpaired) electrons. The molecule has 0 saturated carbocycles. The minimum atomic E-state index is 0.00272. The first-order valence-electron chi connectivity index (χ1n) is 8.96. The van der Waals surface area contributed by atoms with E-state index in [1.54, 1.807) is 0 Å². The summed E-state index contributed by atoms with van der Waals surface area (Å²) in [5.41, 5.74) is 2.44. The average molecular weight is 325 g/mol. The lowest BCUT2D eigenvalue weighted by molar-refractivity contribution is -0.125. The van der Waals surface area contributed by atoms with Crippen molar-refractivity contribution in [3.63, 3.8) is 0 Å². The number of hydrogen-bond acceptors (Lipinski definition) is 2. The van der Waals surface area contributed by atoms with E-state index in [1.165, 1.54) is 11.1 Å². The highest BCUT2D eigenvalue weighted by Gasteiger charge is 2.30. The van der Waals surface area contributed by atoms with Gasteiger partial charge in [0, 0.05) is 32.0 Å². The third-order valence-corrected chi connectivity index (χ3v) is 4.66. The number of benzene rings is 1. The summed E-state index contributed by atoms with van der Waals surface area (Å²) in [6.45, 7) is 5.67. The molecule has 4 heteroatoms. The topological polar surface area (TPSA) is 37.3 Å². The number of hydrogen-bond donors (Lipinski definition) is 1. The molecule has 1 aromatic carbocycles. The lowest BCUT2D eigenvalue weighted by Crippen LogP contribution is -2.42. The van der Waals surface area contributed by atoms with Crippen LogP contribution in [0, 0.1) is 0 Å². The molecule has 128 valence electrons. The maximum atomic E-state index is 12.6. The van der Waals surface area contributed by atoms with E-state index < -0.39 is 0 Å². The van der Waals surface area contributed by atoms with Crippen LogP contribution in [0.5, 0.6) is 0 Å². The van der Waals surface area contributed by atoms with E-state index in [0.29, 0.717) is 6.54 Å². The van der Waals surface area contributed by atoms with Gasteiger partial charge in [0.15, 0.2) is 0 Å². The Morgan fingerprint density at radius 1 is 1.21 bits per heavy atom. The number of likely N-dealkylation sites (tertiary alicyclic amines) is 1. The zero-order chi connectivity index (χ0) is 16.8. The number of aryl methyl sites for hydroxylation is 1. The predicted molar refractivity (Wildman–Crippen MR) is 96.4 cm³/mol. The predicted octanol–water partition coefficient (Wildman–Crippen LogP) is 3.18. The smallest absolute Gasteiger partial charge is 0.237 e. The fraction of sp³-hybridized carbons (Fsp3) is 0.450. The molecule has 1 saturated heterocycles. The van der Waals surface area contributed by atoms with Crippen molar-refractivity contribution in [1.29, 1.82) is 0 Å². The fourth-order valence-corrected chi connectivity index (χ4v) is 3.43. The molecular formula is C20H27N3O. The second-order valence-corrected chi connectivity index (χ2v) is 6.59. The normalized spacial score (nSPS) is 18.0. The van der Waals surface area contributed by atoms with Gasteiger partial charge in [0.05, 0.1) is 6.04 Å². The Kier molecular flexibility index (Phi) is 5.70. The van der Waals surface area contributed by atoms with Gasteiger partial charge in [-0.1, -0.05) is 37.3 Å². The Balaban J connectivity index is 1.53. The quantitative estimate of drug-likeness (QED) is 0.849. The molecule has 1 aliphatic heterocycles. The molecule has 3 rings (SSSR count). The van der Waals surface area contributed by atoms with Gasteiger partial charge >= 0.3 is 0 Å². The monoisotopic (exact) mass is 325 g/mol. The van der Waals surface area contributed by atoms with Crippen molar-refractivity contribution < 1.29 is 4.79 Å². The van der Waals surface area contributed by atoms with E-state index in [-0.39, 0.29) is 11.9 Å². The van der Waals surface area contributed by atoms with Gasteiger partial charge < -0.3 is 9.88 Å². The van der Waals surface area contributed by atoms with Crippen molar-refractivity contribution >= 4 is 5.91 Å². The molecule has 0 bridgehead atoms. The Morgan fingerprint density at radius 3 is 2.83 bits per heavy atom. The van der Waals surface area contributed by atoms with Gasteiger partial charge in [-0.05, 0) is 43.0 Å². The summed E-state index contributed by atoms with van der Waals surface area (Å²) in [6.07, 6.45) is 7.38. The second-order valence-electron chi connectivity index (χ2n) is 6.59. The number of nitrogens with zero attached hydrogens (tertiary/aromatic N) is 2. The minimum absolute atomic E-state index is 0.00272. The highest BCUT2D eigenvalue weighted by Crippen LogP contribution is 2.20. The molecule has 2 aromatic rings. The van der Waals surface area contributed by atoms with Crippen molar-refractivity contribution in [3.05, 3.63) is 59.9 Å². The first-order chi connectivity index (χ1) is 11.8. The standard InChI is InChI=1S/C20H27N3O/c1-2-11-22-13-10-18(15-22)14-21-20(24)19-9-6-12-23(19)16-17-7-4-3-5-8-17/h3-5,7-8,10,13,15,19H,2,6,9,11-12,14,16H2,1H3,(H,21,24). The third kappa shape index (κ3) is 4.26. The molecule has 24 heavy (non-hydrogen) atoms. The molecule has 1 amide bonds. The molecule has 1 unspecified atom stereocenters. The number of amides is 1. The highest BCUT2D eigenvalue weighted by atomic mass is 16.2. The Labute approximate surface area is 144 Å². The zero-order valence-electron chi connectivity index (χ0n) is 14.4. The van der Waals surface area contributed by atoms with Crippen molar-refractivity contribution in [2.24, 2.45) is 0 Å². The second kappa shape index (κ2) is 8.15. The summed E-state index contributed by atoms with van der Waals surface area (Å²) in [7, 11) is 0. The van der Waals surface area contributed by atoms with Crippen LogP contribution in [0.25, 0.3) is 0 Å². The van der Waals surface area contributed by atoms with Crippen LogP contribution in [0.2, 0.25) is 0 Å². The van der Waals surface area contributed by atoms with Crippen LogP contribution >= 0.6 is 0 Å². The van der Waals surface area contributed by atoms with Crippen LogP contribution < -0.4 is 5.32 Å². The average Bonchev–Trinajstić information content (AvgIpc) is 3.23. The Hall–Kier alpha value is -2.07. The van der Waals surface area contributed by atoms with E-state index in [9.17, 15) is 4.79 Å². The van der Waals surface area contributed by atoms with Gasteiger partial charge in [-0.2, -0.15) is 0 Å². The van der Waals surface area contributed by atoms with E-state index in [0.717, 1.165) is 38.9 Å². The summed E-state index contributed by atoms with van der Waals surface area (Å²) in [4.78, 5) is 14.9. The number of carbonyl (C=O) groups excluding carboxylic acids is 1. The first kappa shape index (κ1) is 16.8. The molecule has 1 aromatic heterocycles. The molecule has 0 spiro atoms. The molecule has 2 heterocycles. The Bertz CT molecular complexity index is 650. The van der Waals surface area contributed by atoms with Gasteiger partial charge in [-0.25, -0.2) is 0 Å². The van der Waals surface area contributed by atoms with Crippen LogP contribution in [-0.4, -0.2) is 28.0 Å². The molecule has 0 aliphatic carbocycles. The molecule has 4 nitrogen and oxygen atoms in total. The summed E-state index contributed by atoms with van der Waals surface area (Å²) < 4.78 is 2.18. The number of nitrogens with one attached hydrogen (secondary N) is 1. The van der Waals surface area contributed by atoms with Gasteiger partial charge in [0.25, 0.3) is 0 Å². The largest absolute Gasteiger partial charge is 0.354 e. The Morgan fingerprint density at radius 2 is 2.04 bits per heavy atom. The summed E-state index contributed by atoms with van der Waals surface area (Å²) >= 11 is 0. The van der Waals surface area contributed by atoms with Crippen molar-refractivity contribution in [1.82, 2.24) is 14.8 Å². The van der Waals surface area contributed by atoms with Crippen LogP contribution in [0.1, 0.15) is 37.3 Å².